The van der Waals surface area contributed by atoms with E-state index in [1.165, 1.54) is 13.2 Å². The number of amides is 2. The average Bonchev–Trinajstić information content (AvgIpc) is 2.62. The van der Waals surface area contributed by atoms with E-state index in [1.54, 1.807) is 26.1 Å². The molecule has 1 aromatic rings. The van der Waals surface area contributed by atoms with Gasteiger partial charge in [0.15, 0.2) is 11.5 Å². The molecule has 28 heavy (non-hydrogen) atoms. The molecule has 2 N–H and O–H groups in total. The minimum absolute atomic E-state index is 0.0539. The van der Waals surface area contributed by atoms with Crippen molar-refractivity contribution in [2.45, 2.75) is 20.1 Å². The molecule has 0 fully saturated rings. The Kier molecular flexibility index (Phi) is 7.56. The van der Waals surface area contributed by atoms with E-state index < -0.39 is 18.6 Å². The van der Waals surface area contributed by atoms with Crippen LogP contribution in [0.25, 0.3) is 0 Å². The van der Waals surface area contributed by atoms with E-state index >= 15 is 0 Å². The lowest BCUT2D eigenvalue weighted by Crippen LogP contribution is -2.46. The van der Waals surface area contributed by atoms with Gasteiger partial charge in [-0.15, -0.1) is 0 Å². The molecule has 0 radical (unpaired) electrons. The van der Waals surface area contributed by atoms with Crippen molar-refractivity contribution >= 4 is 12.0 Å². The van der Waals surface area contributed by atoms with Crippen LogP contribution in [0.5, 0.6) is 11.5 Å². The molecule has 1 aliphatic heterocycles. The summed E-state index contributed by atoms with van der Waals surface area (Å²) in [6.45, 7) is -0.242. The molecule has 0 unspecified atom stereocenters. The van der Waals surface area contributed by atoms with E-state index in [0.29, 0.717) is 17.8 Å². The van der Waals surface area contributed by atoms with Crippen LogP contribution >= 0.6 is 0 Å². The number of benzene rings is 1. The predicted molar refractivity (Wildman–Crippen MR) is 96.2 cm³/mol. The van der Waals surface area contributed by atoms with Crippen LogP contribution in [0.15, 0.2) is 29.5 Å². The molecule has 0 aromatic heterocycles. The molecule has 1 aliphatic rings. The Balaban J connectivity index is 2.12. The second-order valence-corrected chi connectivity index (χ2v) is 6.02. The second-order valence-electron chi connectivity index (χ2n) is 6.02. The van der Waals surface area contributed by atoms with Crippen molar-refractivity contribution in [3.63, 3.8) is 0 Å². The van der Waals surface area contributed by atoms with Gasteiger partial charge in [0.2, 0.25) is 0 Å². The number of methoxy groups -OCH3 is 1. The van der Waals surface area contributed by atoms with Crippen molar-refractivity contribution in [3.8, 4) is 11.5 Å². The van der Waals surface area contributed by atoms with Gasteiger partial charge in [-0.2, -0.15) is 8.78 Å². The second kappa shape index (κ2) is 9.88. The van der Waals surface area contributed by atoms with Crippen molar-refractivity contribution in [1.29, 1.82) is 0 Å². The van der Waals surface area contributed by atoms with Crippen molar-refractivity contribution in [3.05, 3.63) is 35.0 Å². The predicted octanol–water partition coefficient (Wildman–Crippen LogP) is 1.86. The molecule has 2 rings (SSSR count). The Bertz CT molecular complexity index is 755. The fraction of sp³-hybridized carbons (Fsp3) is 0.444. The Morgan fingerprint density at radius 2 is 2.04 bits per heavy atom. The van der Waals surface area contributed by atoms with Crippen molar-refractivity contribution < 1.29 is 32.6 Å². The van der Waals surface area contributed by atoms with Crippen LogP contribution in [0, 0.1) is 0 Å². The topological polar surface area (TPSA) is 89.1 Å². The number of nitrogens with zero attached hydrogens (tertiary/aromatic N) is 1. The summed E-state index contributed by atoms with van der Waals surface area (Å²) < 4.78 is 39.4. The number of alkyl halides is 2. The van der Waals surface area contributed by atoms with E-state index in [4.69, 9.17) is 9.47 Å². The highest BCUT2D eigenvalue weighted by Gasteiger charge is 2.24. The van der Waals surface area contributed by atoms with Crippen molar-refractivity contribution in [2.24, 2.45) is 0 Å². The molecule has 154 valence electrons. The van der Waals surface area contributed by atoms with Gasteiger partial charge in [-0.05, 0) is 31.7 Å². The van der Waals surface area contributed by atoms with Crippen molar-refractivity contribution in [2.75, 3.05) is 33.9 Å². The van der Waals surface area contributed by atoms with Crippen LogP contribution in [0.4, 0.5) is 13.6 Å². The summed E-state index contributed by atoms with van der Waals surface area (Å²) in [5.74, 6) is -0.358. The Hall–Kier alpha value is -2.88. The molecule has 2 amide bonds. The minimum Gasteiger partial charge on any atom is -0.493 e. The molecule has 8 nitrogen and oxygen atoms in total. The number of hydrogen-bond acceptors (Lipinski definition) is 6. The normalized spacial score (nSPS) is 14.0. The third kappa shape index (κ3) is 5.81. The van der Waals surface area contributed by atoms with Crippen molar-refractivity contribution in [1.82, 2.24) is 15.5 Å². The molecule has 10 heteroatoms. The zero-order valence-corrected chi connectivity index (χ0v) is 15.9. The summed E-state index contributed by atoms with van der Waals surface area (Å²) in [5, 5.41) is 5.18. The minimum atomic E-state index is -2.95. The standard InChI is InChI=1S/C18H23F2N3O5/c1-4-27-16(24)12-8-21-18(25)22-13(12)10-23(2)9-11-5-6-14(28-17(19)20)15(7-11)26-3/h5-7,17H,4,8-10H2,1-3H3,(H2,21,22,25). The maximum atomic E-state index is 12.4. The first-order valence-electron chi connectivity index (χ1n) is 8.58. The van der Waals surface area contributed by atoms with E-state index in [0.717, 1.165) is 5.56 Å². The summed E-state index contributed by atoms with van der Waals surface area (Å²) in [5.41, 5.74) is 1.58. The maximum Gasteiger partial charge on any atom is 0.387 e. The third-order valence-corrected chi connectivity index (χ3v) is 3.90. The van der Waals surface area contributed by atoms with Gasteiger partial charge in [-0.1, -0.05) is 6.07 Å². The number of carbonyl (C=O) groups excluding carboxylic acids is 2. The van der Waals surface area contributed by atoms with Crippen LogP contribution < -0.4 is 20.1 Å². The number of nitrogens with one attached hydrogen (secondary N) is 2. The lowest BCUT2D eigenvalue weighted by atomic mass is 10.1. The van der Waals surface area contributed by atoms with E-state index in [1.807, 2.05) is 4.90 Å². The highest BCUT2D eigenvalue weighted by Crippen LogP contribution is 2.29. The Labute approximate surface area is 161 Å². The fourth-order valence-electron chi connectivity index (χ4n) is 2.72. The van der Waals surface area contributed by atoms with Crippen LogP contribution in [0.3, 0.4) is 0 Å². The van der Waals surface area contributed by atoms with Gasteiger partial charge in [-0.3, -0.25) is 4.90 Å². The number of hydrogen-bond donors (Lipinski definition) is 2. The molecule has 1 aromatic carbocycles. The lowest BCUT2D eigenvalue weighted by Gasteiger charge is -2.25. The quantitative estimate of drug-likeness (QED) is 0.617. The number of likely N-dealkylation sites (N-methyl/N-ethyl adjacent to an activating group) is 1. The number of halogens is 2. The first-order chi connectivity index (χ1) is 13.3. The van der Waals surface area contributed by atoms with Crippen LogP contribution in [0.1, 0.15) is 12.5 Å². The molecule has 0 atom stereocenters. The van der Waals surface area contributed by atoms with Gasteiger partial charge in [0.05, 0.1) is 25.8 Å². The number of rotatable bonds is 9. The summed E-state index contributed by atoms with van der Waals surface area (Å²) >= 11 is 0. The number of ether oxygens (including phenoxy) is 3. The SMILES string of the molecule is CCOC(=O)C1=C(CN(C)Cc2ccc(OC(F)F)c(OC)c2)NC(=O)NC1. The highest BCUT2D eigenvalue weighted by atomic mass is 19.3. The van der Waals surface area contributed by atoms with E-state index in [-0.39, 0.29) is 31.2 Å². The van der Waals surface area contributed by atoms with Gasteiger partial charge < -0.3 is 24.8 Å². The number of urea groups is 1. The van der Waals surface area contributed by atoms with Crippen LogP contribution in [-0.2, 0) is 16.1 Å². The fourth-order valence-corrected chi connectivity index (χ4v) is 2.72. The summed E-state index contributed by atoms with van der Waals surface area (Å²) in [6.07, 6.45) is 0. The first kappa shape index (κ1) is 21.4. The third-order valence-electron chi connectivity index (χ3n) is 3.90. The first-order valence-corrected chi connectivity index (χ1v) is 8.58. The lowest BCUT2D eigenvalue weighted by molar-refractivity contribution is -0.138. The van der Waals surface area contributed by atoms with Gasteiger partial charge in [0, 0.05) is 18.8 Å². The highest BCUT2D eigenvalue weighted by molar-refractivity contribution is 5.93. The van der Waals surface area contributed by atoms with Gasteiger partial charge in [-0.25, -0.2) is 9.59 Å². The maximum absolute atomic E-state index is 12.4. The van der Waals surface area contributed by atoms with Crippen LogP contribution in [0.2, 0.25) is 0 Å². The molecule has 0 spiro atoms. The Morgan fingerprint density at radius 3 is 2.68 bits per heavy atom. The molecule has 0 saturated carbocycles. The smallest absolute Gasteiger partial charge is 0.387 e. The number of carbonyl (C=O) groups is 2. The summed E-state index contributed by atoms with van der Waals surface area (Å²) in [4.78, 5) is 25.6. The molecule has 1 heterocycles. The largest absolute Gasteiger partial charge is 0.493 e. The molecule has 0 saturated heterocycles. The molecule has 0 bridgehead atoms. The number of esters is 1. The van der Waals surface area contributed by atoms with E-state index in [2.05, 4.69) is 15.4 Å². The average molecular weight is 399 g/mol. The summed E-state index contributed by atoms with van der Waals surface area (Å²) in [7, 11) is 3.15. The molecular weight excluding hydrogens is 376 g/mol. The van der Waals surface area contributed by atoms with Gasteiger partial charge in [0.1, 0.15) is 0 Å². The molecule has 0 aliphatic carbocycles. The summed E-state index contributed by atoms with van der Waals surface area (Å²) in [6, 6.07) is 4.24. The zero-order chi connectivity index (χ0) is 20.7. The van der Waals surface area contributed by atoms with Gasteiger partial charge in [0.25, 0.3) is 0 Å². The van der Waals surface area contributed by atoms with Crippen LogP contribution in [-0.4, -0.2) is 57.4 Å². The van der Waals surface area contributed by atoms with E-state index in [9.17, 15) is 18.4 Å². The molecular formula is C18H23F2N3O5. The zero-order valence-electron chi connectivity index (χ0n) is 15.9. The monoisotopic (exact) mass is 399 g/mol. The Morgan fingerprint density at radius 1 is 1.29 bits per heavy atom. The van der Waals surface area contributed by atoms with Gasteiger partial charge >= 0.3 is 18.6 Å².